The topological polar surface area (TPSA) is 364 Å². The lowest BCUT2D eigenvalue weighted by Crippen LogP contribution is -2.46. The number of rotatable bonds is 25. The lowest BCUT2D eigenvalue weighted by atomic mass is 9.87. The average molecular weight is 912 g/mol. The van der Waals surface area contributed by atoms with Gasteiger partial charge in [0.2, 0.25) is 11.8 Å². The van der Waals surface area contributed by atoms with Gasteiger partial charge in [0.1, 0.15) is 36.3 Å². The second-order valence-corrected chi connectivity index (χ2v) is 19.5. The molecular formula is C28H48N7O17P3S2. The number of aliphatic hydroxyl groups is 2. The summed E-state index contributed by atoms with van der Waals surface area (Å²) >= 11 is 2.69. The third-order valence-electron chi connectivity index (χ3n) is 7.88. The fourth-order valence-corrected chi connectivity index (χ4v) is 9.51. The van der Waals surface area contributed by atoms with Crippen LogP contribution in [0.15, 0.2) is 12.7 Å². The van der Waals surface area contributed by atoms with Crippen LogP contribution >= 0.6 is 47.0 Å². The molecule has 1 aliphatic heterocycles. The Labute approximate surface area is 335 Å². The van der Waals surface area contributed by atoms with Crippen LogP contribution in [0.1, 0.15) is 52.7 Å². The van der Waals surface area contributed by atoms with Gasteiger partial charge >= 0.3 is 23.5 Å². The van der Waals surface area contributed by atoms with Crippen molar-refractivity contribution in [2.45, 2.75) is 77.1 Å². The van der Waals surface area contributed by atoms with Crippen molar-refractivity contribution in [1.29, 1.82) is 0 Å². The van der Waals surface area contributed by atoms with E-state index < -0.39 is 84.6 Å². The first-order valence-electron chi connectivity index (χ1n) is 17.2. The highest BCUT2D eigenvalue weighted by atomic mass is 32.2. The van der Waals surface area contributed by atoms with E-state index in [0.29, 0.717) is 11.5 Å². The maximum atomic E-state index is 12.7. The summed E-state index contributed by atoms with van der Waals surface area (Å²) in [6.07, 6.45) is -3.61. The van der Waals surface area contributed by atoms with E-state index >= 15 is 0 Å². The Kier molecular flexibility index (Phi) is 19.0. The summed E-state index contributed by atoms with van der Waals surface area (Å²) in [5.41, 5.74) is 4.27. The molecule has 0 radical (unpaired) electrons. The molecule has 3 unspecified atom stereocenters. The van der Waals surface area contributed by atoms with Gasteiger partial charge in [-0.15, -0.1) is 0 Å². The van der Waals surface area contributed by atoms with Gasteiger partial charge in [-0.3, -0.25) is 32.5 Å². The van der Waals surface area contributed by atoms with E-state index in [1.807, 2.05) is 0 Å². The van der Waals surface area contributed by atoms with E-state index in [4.69, 9.17) is 19.5 Å². The average Bonchev–Trinajstić information content (AvgIpc) is 3.68. The first kappa shape index (κ1) is 49.3. The van der Waals surface area contributed by atoms with Crippen molar-refractivity contribution in [2.24, 2.45) is 5.41 Å². The highest BCUT2D eigenvalue weighted by Crippen LogP contribution is 2.61. The van der Waals surface area contributed by atoms with Gasteiger partial charge in [0.15, 0.2) is 22.8 Å². The van der Waals surface area contributed by atoms with E-state index in [1.165, 1.54) is 13.8 Å². The molecule has 3 rings (SSSR count). The second-order valence-electron chi connectivity index (χ2n) is 13.0. The maximum Gasteiger partial charge on any atom is 0.481 e. The van der Waals surface area contributed by atoms with Gasteiger partial charge in [-0.1, -0.05) is 45.4 Å². The first-order chi connectivity index (χ1) is 26.6. The molecule has 3 heterocycles. The van der Waals surface area contributed by atoms with E-state index in [1.54, 1.807) is 11.8 Å². The maximum absolute atomic E-state index is 12.7. The highest BCUT2D eigenvalue weighted by molar-refractivity contribution is 8.15. The number of nitrogen functional groups attached to an aromatic ring is 1. The zero-order chi connectivity index (χ0) is 42.6. The number of hydrogen-bond donors (Lipinski definition) is 9. The number of unbranched alkanes of at least 4 members (excludes halogenated alkanes) is 2. The Morgan fingerprint density at radius 3 is 2.42 bits per heavy atom. The van der Waals surface area contributed by atoms with Crippen LogP contribution in [0, 0.1) is 5.41 Å². The molecule has 1 saturated heterocycles. The van der Waals surface area contributed by atoms with Gasteiger partial charge in [-0.25, -0.2) is 28.6 Å². The molecular weight excluding hydrogens is 863 g/mol. The number of nitrogens with two attached hydrogens (primary N) is 1. The smallest absolute Gasteiger partial charge is 0.386 e. The van der Waals surface area contributed by atoms with Crippen molar-refractivity contribution in [3.8, 4) is 0 Å². The number of aromatic nitrogens is 4. The highest BCUT2D eigenvalue weighted by Gasteiger charge is 2.50. The van der Waals surface area contributed by atoms with Crippen molar-refractivity contribution in [2.75, 3.05) is 49.3 Å². The summed E-state index contributed by atoms with van der Waals surface area (Å²) in [5, 5.41) is 26.4. The number of ether oxygens (including phenoxy) is 1. The number of phosphoric ester groups is 3. The molecule has 0 bridgehead atoms. The predicted molar refractivity (Wildman–Crippen MR) is 204 cm³/mol. The molecule has 24 nitrogen and oxygen atoms in total. The number of imidazole rings is 1. The van der Waals surface area contributed by atoms with Gasteiger partial charge in [0.05, 0.1) is 25.3 Å². The number of nitrogens with one attached hydrogen (secondary N) is 2. The number of carbonyl (C=O) groups is 3. The zero-order valence-electron chi connectivity index (χ0n) is 31.0. The minimum Gasteiger partial charge on any atom is -0.386 e. The van der Waals surface area contributed by atoms with E-state index in [2.05, 4.69) is 41.3 Å². The Morgan fingerprint density at radius 1 is 1.04 bits per heavy atom. The van der Waals surface area contributed by atoms with Crippen LogP contribution in [-0.2, 0) is 50.7 Å². The van der Waals surface area contributed by atoms with E-state index in [9.17, 15) is 57.9 Å². The molecule has 0 aliphatic carbocycles. The van der Waals surface area contributed by atoms with Crippen LogP contribution < -0.4 is 16.4 Å². The first-order valence-corrected chi connectivity index (χ1v) is 23.8. The molecule has 0 saturated carbocycles. The van der Waals surface area contributed by atoms with Crippen LogP contribution in [0.25, 0.3) is 11.2 Å². The molecule has 7 atom stereocenters. The summed E-state index contributed by atoms with van der Waals surface area (Å²) in [5.74, 6) is 0.256. The number of anilines is 1. The Balaban J connectivity index is 1.45. The quantitative estimate of drug-likeness (QED) is 0.0486. The number of fused-ring (bicyclic) bond motifs is 1. The molecule has 2 aromatic heterocycles. The minimum atomic E-state index is -5.57. The molecule has 2 aromatic rings. The monoisotopic (exact) mass is 911 g/mol. The van der Waals surface area contributed by atoms with Gasteiger partial charge in [-0.05, 0) is 12.2 Å². The number of hydrogen-bond acceptors (Lipinski definition) is 19. The molecule has 1 aliphatic rings. The third kappa shape index (κ3) is 16.1. The van der Waals surface area contributed by atoms with Crippen molar-refractivity contribution in [3.63, 3.8) is 0 Å². The number of amides is 2. The van der Waals surface area contributed by atoms with Crippen molar-refractivity contribution >= 4 is 80.9 Å². The van der Waals surface area contributed by atoms with Crippen LogP contribution in [0.5, 0.6) is 0 Å². The van der Waals surface area contributed by atoms with Gasteiger partial charge < -0.3 is 50.9 Å². The van der Waals surface area contributed by atoms with Crippen LogP contribution in [0.3, 0.4) is 0 Å². The van der Waals surface area contributed by atoms with Crippen molar-refractivity contribution in [3.05, 3.63) is 12.7 Å². The molecule has 10 N–H and O–H groups in total. The number of thioether (sulfide) groups is 2. The summed E-state index contributed by atoms with van der Waals surface area (Å²) in [4.78, 5) is 87.6. The molecule has 57 heavy (non-hydrogen) atoms. The summed E-state index contributed by atoms with van der Waals surface area (Å²) < 4.78 is 62.1. The molecule has 0 spiro atoms. The van der Waals surface area contributed by atoms with Crippen LogP contribution in [0.2, 0.25) is 0 Å². The summed E-state index contributed by atoms with van der Waals surface area (Å²) in [6.45, 7) is 2.65. The minimum absolute atomic E-state index is 0.0164. The second kappa shape index (κ2) is 22.0. The Bertz CT molecular complexity index is 1820. The predicted octanol–water partition coefficient (Wildman–Crippen LogP) is 0.588. The number of aliphatic hydroxyl groups excluding tert-OH is 2. The van der Waals surface area contributed by atoms with E-state index in [0.717, 1.165) is 54.0 Å². The van der Waals surface area contributed by atoms with Gasteiger partial charge in [0.25, 0.3) is 0 Å². The Hall–Kier alpha value is -2.09. The molecule has 0 aromatic carbocycles. The largest absolute Gasteiger partial charge is 0.481 e. The van der Waals surface area contributed by atoms with Gasteiger partial charge in [-0.2, -0.15) is 16.1 Å². The van der Waals surface area contributed by atoms with Crippen molar-refractivity contribution in [1.82, 2.24) is 30.2 Å². The van der Waals surface area contributed by atoms with Crippen LogP contribution in [0.4, 0.5) is 5.82 Å². The number of carbonyl (C=O) groups excluding carboxylic acids is 3. The normalized spacial score (nSPS) is 21.5. The lowest BCUT2D eigenvalue weighted by Gasteiger charge is -2.30. The van der Waals surface area contributed by atoms with Crippen molar-refractivity contribution < 1.29 is 80.5 Å². The number of nitrogens with zero attached hydrogens (tertiary/aromatic N) is 4. The number of phosphoric acid groups is 3. The van der Waals surface area contributed by atoms with Crippen LogP contribution in [-0.4, -0.2) is 134 Å². The molecule has 324 valence electrons. The fourth-order valence-electron chi connectivity index (χ4n) is 4.95. The van der Waals surface area contributed by atoms with E-state index in [-0.39, 0.29) is 41.6 Å². The fraction of sp³-hybridized carbons (Fsp3) is 0.714. The standard InChI is InChI=1S/C28H48N7O17P3S2/c1-4-5-6-10-56-13-19(37)57-11-9-30-18(36)7-8-31-26(40)23(39)28(2,3)14-49-55(46,47)52-54(44,45)48-12-17-22(51-53(41,42)43)21(38)27(50-17)35-16-34-20-24(29)32-15-33-25(20)35/h15-17,21-23,27,38-39H,4-14H2,1-3H3,(H,30,36)(H,31,40)(H,44,45)(H,46,47)(H2,29,32,33)(H2,41,42,43)/t17-,21-,22-,23?,27-/m1/s1. The molecule has 2 amide bonds. The SMILES string of the molecule is CCCCCSCC(=O)SCCNC(=O)CCNC(=O)C(O)C(C)(C)COP(=O)(O)OP(=O)(O)OC[C@H]1O[C@@H](n2cnc3c(N)ncnc32)[C@H](O)[C@@H]1OP(=O)(O)O. The van der Waals surface area contributed by atoms with Gasteiger partial charge in [0, 0.05) is 30.7 Å². The zero-order valence-corrected chi connectivity index (χ0v) is 35.3. The third-order valence-corrected chi connectivity index (χ3v) is 13.1. The lowest BCUT2D eigenvalue weighted by molar-refractivity contribution is -0.137. The Morgan fingerprint density at radius 2 is 1.74 bits per heavy atom. The summed E-state index contributed by atoms with van der Waals surface area (Å²) in [7, 11) is -16.4. The molecule has 29 heteroatoms. The molecule has 1 fully saturated rings. The summed E-state index contributed by atoms with van der Waals surface area (Å²) in [6, 6.07) is 0.